The Morgan fingerprint density at radius 2 is 2.00 bits per heavy atom. The van der Waals surface area contributed by atoms with Gasteiger partial charge in [-0.15, -0.1) is 0 Å². The molecule has 0 radical (unpaired) electrons. The van der Waals surface area contributed by atoms with E-state index in [4.69, 9.17) is 9.26 Å². The highest BCUT2D eigenvalue weighted by atomic mass is 19.1. The summed E-state index contributed by atoms with van der Waals surface area (Å²) < 4.78 is 24.3. The predicted molar refractivity (Wildman–Crippen MR) is 113 cm³/mol. The number of benzene rings is 1. The number of rotatable bonds is 7. The quantitative estimate of drug-likeness (QED) is 0.529. The van der Waals surface area contributed by atoms with Crippen LogP contribution in [-0.4, -0.2) is 40.7 Å². The van der Waals surface area contributed by atoms with E-state index < -0.39 is 5.41 Å². The highest BCUT2D eigenvalue weighted by molar-refractivity contribution is 5.77. The van der Waals surface area contributed by atoms with Crippen molar-refractivity contribution in [1.29, 1.82) is 0 Å². The third kappa shape index (κ3) is 4.99. The molecule has 0 amide bonds. The molecule has 0 bridgehead atoms. The Bertz CT molecular complexity index is 1010. The van der Waals surface area contributed by atoms with Crippen molar-refractivity contribution in [2.24, 2.45) is 5.41 Å². The molecular weight excluding hydrogens is 397 g/mol. The first kappa shape index (κ1) is 21.2. The number of nitrogens with zero attached hydrogens (tertiary/aromatic N) is 3. The monoisotopic (exact) mass is 423 g/mol. The summed E-state index contributed by atoms with van der Waals surface area (Å²) >= 11 is 0. The van der Waals surface area contributed by atoms with E-state index in [-0.39, 0.29) is 11.8 Å². The minimum absolute atomic E-state index is 0.200. The number of ether oxygens (including phenoxy) is 1. The molecule has 2 aromatic heterocycles. The standard InChI is InChI=1S/C24H26FN3O3/c1-2-30-23(29)24(10-3-13-28(17-24)16-18-8-11-26-12-9-18)15-21-14-22(27-31-21)19-4-6-20(25)7-5-19/h4-9,11-12,14H,2-3,10,13,15-17H2,1H3/t24-/m0/s1. The second-order valence-electron chi connectivity index (χ2n) is 8.03. The Balaban J connectivity index is 1.55. The zero-order valence-electron chi connectivity index (χ0n) is 17.6. The summed E-state index contributed by atoms with van der Waals surface area (Å²) in [6.07, 6.45) is 5.59. The molecule has 3 aromatic rings. The molecular formula is C24H26FN3O3. The maximum atomic E-state index is 13.2. The number of carbonyl (C=O) groups excluding carboxylic acids is 1. The van der Waals surface area contributed by atoms with Crippen LogP contribution in [0.25, 0.3) is 11.3 Å². The molecule has 1 fully saturated rings. The summed E-state index contributed by atoms with van der Waals surface area (Å²) in [4.78, 5) is 19.4. The molecule has 0 unspecified atom stereocenters. The van der Waals surface area contributed by atoms with Gasteiger partial charge in [0.1, 0.15) is 17.3 Å². The van der Waals surface area contributed by atoms with E-state index in [0.29, 0.717) is 31.0 Å². The van der Waals surface area contributed by atoms with E-state index in [1.54, 1.807) is 24.5 Å². The van der Waals surface area contributed by atoms with Crippen LogP contribution in [0.15, 0.2) is 59.4 Å². The van der Waals surface area contributed by atoms with Gasteiger partial charge in [0.15, 0.2) is 0 Å². The molecule has 3 heterocycles. The first-order valence-corrected chi connectivity index (χ1v) is 10.6. The van der Waals surface area contributed by atoms with Crippen LogP contribution >= 0.6 is 0 Å². The van der Waals surface area contributed by atoms with Gasteiger partial charge >= 0.3 is 5.97 Å². The third-order valence-electron chi connectivity index (χ3n) is 5.73. The fourth-order valence-electron chi connectivity index (χ4n) is 4.26. The number of aromatic nitrogens is 2. The van der Waals surface area contributed by atoms with Crippen LogP contribution in [0.5, 0.6) is 0 Å². The second-order valence-corrected chi connectivity index (χ2v) is 8.03. The van der Waals surface area contributed by atoms with Crippen LogP contribution in [0.4, 0.5) is 4.39 Å². The van der Waals surface area contributed by atoms with Crippen LogP contribution in [0.2, 0.25) is 0 Å². The van der Waals surface area contributed by atoms with Crippen LogP contribution in [-0.2, 0) is 22.5 Å². The van der Waals surface area contributed by atoms with Gasteiger partial charge in [0, 0.05) is 43.5 Å². The maximum Gasteiger partial charge on any atom is 0.313 e. The van der Waals surface area contributed by atoms with E-state index in [1.165, 1.54) is 12.1 Å². The van der Waals surface area contributed by atoms with Crippen molar-refractivity contribution >= 4 is 5.97 Å². The van der Waals surface area contributed by atoms with Gasteiger partial charge in [-0.25, -0.2) is 4.39 Å². The van der Waals surface area contributed by atoms with Gasteiger partial charge in [0.05, 0.1) is 12.0 Å². The van der Waals surface area contributed by atoms with Crippen LogP contribution in [0.3, 0.4) is 0 Å². The molecule has 31 heavy (non-hydrogen) atoms. The van der Waals surface area contributed by atoms with E-state index in [1.807, 2.05) is 25.1 Å². The molecule has 1 aliphatic rings. The number of hydrogen-bond donors (Lipinski definition) is 0. The van der Waals surface area contributed by atoms with Crippen molar-refractivity contribution in [2.45, 2.75) is 32.7 Å². The summed E-state index contributed by atoms with van der Waals surface area (Å²) in [5, 5.41) is 4.13. The number of likely N-dealkylation sites (tertiary alicyclic amines) is 1. The lowest BCUT2D eigenvalue weighted by molar-refractivity contribution is -0.159. The SMILES string of the molecule is CCOC(=O)[C@]1(Cc2cc(-c3ccc(F)cc3)no2)CCCN(Cc2ccncc2)C1. The summed E-state index contributed by atoms with van der Waals surface area (Å²) in [5.41, 5.74) is 1.86. The van der Waals surface area contributed by atoms with Crippen LogP contribution in [0.1, 0.15) is 31.1 Å². The minimum atomic E-state index is -0.694. The number of piperidine rings is 1. The topological polar surface area (TPSA) is 68.5 Å². The summed E-state index contributed by atoms with van der Waals surface area (Å²) in [6.45, 7) is 4.41. The zero-order chi connectivity index (χ0) is 21.7. The van der Waals surface area contributed by atoms with Gasteiger partial charge in [-0.05, 0) is 68.3 Å². The van der Waals surface area contributed by atoms with Crippen LogP contribution in [0, 0.1) is 11.2 Å². The summed E-state index contributed by atoms with van der Waals surface area (Å²) in [5.74, 6) is 0.123. The first-order valence-electron chi connectivity index (χ1n) is 10.6. The maximum absolute atomic E-state index is 13.2. The number of esters is 1. The number of hydrogen-bond acceptors (Lipinski definition) is 6. The van der Waals surface area contributed by atoms with Crippen molar-refractivity contribution < 1.29 is 18.4 Å². The summed E-state index contributed by atoms with van der Waals surface area (Å²) in [6, 6.07) is 11.9. The highest BCUT2D eigenvalue weighted by Crippen LogP contribution is 2.36. The average molecular weight is 423 g/mol. The van der Waals surface area contributed by atoms with Crippen molar-refractivity contribution in [1.82, 2.24) is 15.0 Å². The van der Waals surface area contributed by atoms with E-state index in [0.717, 1.165) is 37.1 Å². The van der Waals surface area contributed by atoms with Crippen LogP contribution < -0.4 is 0 Å². The molecule has 0 saturated carbocycles. The predicted octanol–water partition coefficient (Wildman–Crippen LogP) is 4.26. The van der Waals surface area contributed by atoms with Gasteiger partial charge in [-0.2, -0.15) is 0 Å². The molecule has 6 nitrogen and oxygen atoms in total. The molecule has 4 rings (SSSR count). The Morgan fingerprint density at radius 3 is 2.74 bits per heavy atom. The number of halogens is 1. The molecule has 0 N–H and O–H groups in total. The lowest BCUT2D eigenvalue weighted by Crippen LogP contribution is -2.49. The second kappa shape index (κ2) is 9.39. The molecule has 1 saturated heterocycles. The van der Waals surface area contributed by atoms with Gasteiger partial charge in [0.2, 0.25) is 0 Å². The lowest BCUT2D eigenvalue weighted by atomic mass is 9.76. The molecule has 0 aliphatic carbocycles. The van der Waals surface area contributed by atoms with Gasteiger partial charge in [-0.3, -0.25) is 14.7 Å². The normalized spacial score (nSPS) is 19.3. The Labute approximate surface area is 181 Å². The first-order chi connectivity index (χ1) is 15.1. The largest absolute Gasteiger partial charge is 0.466 e. The van der Waals surface area contributed by atoms with E-state index in [9.17, 15) is 9.18 Å². The Morgan fingerprint density at radius 1 is 1.23 bits per heavy atom. The molecule has 1 atom stereocenters. The van der Waals surface area contributed by atoms with Crippen molar-refractivity contribution in [3.05, 3.63) is 72.0 Å². The Kier molecular flexibility index (Phi) is 6.42. The van der Waals surface area contributed by atoms with Crippen molar-refractivity contribution in [2.75, 3.05) is 19.7 Å². The Hall–Kier alpha value is -3.06. The van der Waals surface area contributed by atoms with Crippen molar-refractivity contribution in [3.63, 3.8) is 0 Å². The number of carbonyl (C=O) groups is 1. The zero-order valence-corrected chi connectivity index (χ0v) is 17.6. The molecule has 1 aromatic carbocycles. The lowest BCUT2D eigenvalue weighted by Gasteiger charge is -2.40. The molecule has 7 heteroatoms. The summed E-state index contributed by atoms with van der Waals surface area (Å²) in [7, 11) is 0. The average Bonchev–Trinajstić information content (AvgIpc) is 3.23. The molecule has 162 valence electrons. The van der Waals surface area contributed by atoms with Gasteiger partial charge < -0.3 is 9.26 Å². The van der Waals surface area contributed by atoms with E-state index >= 15 is 0 Å². The van der Waals surface area contributed by atoms with Gasteiger partial charge in [0.25, 0.3) is 0 Å². The van der Waals surface area contributed by atoms with Gasteiger partial charge in [-0.1, -0.05) is 5.16 Å². The minimum Gasteiger partial charge on any atom is -0.466 e. The van der Waals surface area contributed by atoms with Crippen molar-refractivity contribution in [3.8, 4) is 11.3 Å². The highest BCUT2D eigenvalue weighted by Gasteiger charge is 2.44. The fourth-order valence-corrected chi connectivity index (χ4v) is 4.26. The molecule has 0 spiro atoms. The fraction of sp³-hybridized carbons (Fsp3) is 0.375. The molecule has 1 aliphatic heterocycles. The number of pyridine rings is 1. The van der Waals surface area contributed by atoms with E-state index in [2.05, 4.69) is 15.0 Å². The third-order valence-corrected chi connectivity index (χ3v) is 5.73. The smallest absolute Gasteiger partial charge is 0.313 e.